The Labute approximate surface area is 111 Å². The predicted molar refractivity (Wildman–Crippen MR) is 71.8 cm³/mol. The number of aliphatic hydroxyl groups is 1. The molecule has 6 heteroatoms. The Morgan fingerprint density at radius 1 is 1.44 bits per heavy atom. The summed E-state index contributed by atoms with van der Waals surface area (Å²) in [7, 11) is 0. The number of aliphatic hydroxyl groups excluding tert-OH is 1. The highest BCUT2D eigenvalue weighted by Gasteiger charge is 2.17. The highest BCUT2D eigenvalue weighted by Crippen LogP contribution is 2.35. The Morgan fingerprint density at radius 3 is 2.94 bits per heavy atom. The first kappa shape index (κ1) is 11.3. The van der Waals surface area contributed by atoms with Gasteiger partial charge in [0.1, 0.15) is 12.0 Å². The molecule has 2 heterocycles. The Kier molecular flexibility index (Phi) is 2.61. The summed E-state index contributed by atoms with van der Waals surface area (Å²) in [6.07, 6.45) is 1.48. The lowest BCUT2D eigenvalue weighted by atomic mass is 10.1. The molecule has 1 aromatic carbocycles. The molecule has 2 aromatic heterocycles. The molecule has 0 amide bonds. The number of rotatable bonds is 2. The van der Waals surface area contributed by atoms with Gasteiger partial charge >= 0.3 is 0 Å². The molecule has 3 rings (SSSR count). The van der Waals surface area contributed by atoms with Crippen LogP contribution in [0.25, 0.3) is 22.2 Å². The molecule has 0 saturated carbocycles. The summed E-state index contributed by atoms with van der Waals surface area (Å²) in [5.41, 5.74) is 8.52. The Bertz CT molecular complexity index is 717. The van der Waals surface area contributed by atoms with E-state index in [2.05, 4.69) is 25.9 Å². The molecule has 0 aliphatic rings. The zero-order valence-electron chi connectivity index (χ0n) is 9.27. The smallest absolute Gasteiger partial charge is 0.292 e. The standard InChI is InChI=1S/C12H10BrN3O2/c13-7-3-1-2-6-10(8(4-17)15-11(6)7)9-5-18-12(14)16-9/h1-3,5,15,17H,4H2,(H2,14,16). The number of oxazole rings is 1. The van der Waals surface area contributed by atoms with Crippen molar-refractivity contribution in [1.29, 1.82) is 0 Å². The number of fused-ring (bicyclic) bond motifs is 1. The van der Waals surface area contributed by atoms with Gasteiger partial charge in [-0.3, -0.25) is 0 Å². The maximum atomic E-state index is 9.44. The number of hydrogen-bond acceptors (Lipinski definition) is 4. The molecular formula is C12H10BrN3O2. The molecule has 0 saturated heterocycles. The van der Waals surface area contributed by atoms with Crippen molar-refractivity contribution in [2.75, 3.05) is 5.73 Å². The van der Waals surface area contributed by atoms with Gasteiger partial charge in [-0.05, 0) is 22.0 Å². The fourth-order valence-corrected chi connectivity index (χ4v) is 2.51. The van der Waals surface area contributed by atoms with E-state index < -0.39 is 0 Å². The van der Waals surface area contributed by atoms with Gasteiger partial charge in [-0.25, -0.2) is 0 Å². The van der Waals surface area contributed by atoms with Crippen LogP contribution in [0.3, 0.4) is 0 Å². The average molecular weight is 308 g/mol. The van der Waals surface area contributed by atoms with Crippen LogP contribution in [0.5, 0.6) is 0 Å². The molecule has 0 atom stereocenters. The van der Waals surface area contributed by atoms with Crippen molar-refractivity contribution >= 4 is 32.8 Å². The van der Waals surface area contributed by atoms with Gasteiger partial charge in [0.25, 0.3) is 6.01 Å². The molecule has 0 bridgehead atoms. The Hall–Kier alpha value is -1.79. The van der Waals surface area contributed by atoms with Crippen molar-refractivity contribution in [3.05, 3.63) is 34.6 Å². The number of benzene rings is 1. The topological polar surface area (TPSA) is 88.1 Å². The SMILES string of the molecule is Nc1nc(-c2c(CO)[nH]c3c(Br)cccc23)co1. The third-order valence-electron chi connectivity index (χ3n) is 2.80. The molecular weight excluding hydrogens is 298 g/mol. The minimum atomic E-state index is -0.108. The lowest BCUT2D eigenvalue weighted by Crippen LogP contribution is -1.88. The number of anilines is 1. The van der Waals surface area contributed by atoms with Gasteiger partial charge in [0.15, 0.2) is 0 Å². The van der Waals surface area contributed by atoms with Crippen LogP contribution in [0, 0.1) is 0 Å². The number of aromatic amines is 1. The summed E-state index contributed by atoms with van der Waals surface area (Å²) in [6, 6.07) is 5.92. The van der Waals surface area contributed by atoms with Crippen LogP contribution >= 0.6 is 15.9 Å². The van der Waals surface area contributed by atoms with E-state index in [1.54, 1.807) is 0 Å². The van der Waals surface area contributed by atoms with Gasteiger partial charge < -0.3 is 20.2 Å². The van der Waals surface area contributed by atoms with Crippen molar-refractivity contribution in [2.45, 2.75) is 6.61 Å². The van der Waals surface area contributed by atoms with E-state index >= 15 is 0 Å². The van der Waals surface area contributed by atoms with Crippen molar-refractivity contribution in [3.8, 4) is 11.3 Å². The van der Waals surface area contributed by atoms with Crippen molar-refractivity contribution in [3.63, 3.8) is 0 Å². The number of hydrogen-bond donors (Lipinski definition) is 3. The summed E-state index contributed by atoms with van der Waals surface area (Å²) >= 11 is 3.47. The van der Waals surface area contributed by atoms with Crippen molar-refractivity contribution < 1.29 is 9.52 Å². The van der Waals surface area contributed by atoms with E-state index in [1.165, 1.54) is 6.26 Å². The number of para-hydroxylation sites is 1. The molecule has 18 heavy (non-hydrogen) atoms. The van der Waals surface area contributed by atoms with E-state index in [4.69, 9.17) is 10.2 Å². The number of aromatic nitrogens is 2. The van der Waals surface area contributed by atoms with Gasteiger partial charge in [0.2, 0.25) is 0 Å². The Morgan fingerprint density at radius 2 is 2.28 bits per heavy atom. The summed E-state index contributed by atoms with van der Waals surface area (Å²) < 4.78 is 5.95. The van der Waals surface area contributed by atoms with Gasteiger partial charge in [-0.15, -0.1) is 0 Å². The molecule has 0 spiro atoms. The summed E-state index contributed by atoms with van der Waals surface area (Å²) in [5, 5.41) is 10.4. The van der Waals surface area contributed by atoms with E-state index in [0.717, 1.165) is 20.9 Å². The van der Waals surface area contributed by atoms with Crippen LogP contribution in [0.4, 0.5) is 6.01 Å². The van der Waals surface area contributed by atoms with E-state index in [0.29, 0.717) is 11.4 Å². The molecule has 5 nitrogen and oxygen atoms in total. The maximum Gasteiger partial charge on any atom is 0.292 e. The molecule has 0 fully saturated rings. The third kappa shape index (κ3) is 1.61. The van der Waals surface area contributed by atoms with E-state index in [9.17, 15) is 5.11 Å². The van der Waals surface area contributed by atoms with Gasteiger partial charge in [0, 0.05) is 15.4 Å². The zero-order valence-corrected chi connectivity index (χ0v) is 10.9. The lowest BCUT2D eigenvalue weighted by molar-refractivity contribution is 0.278. The van der Waals surface area contributed by atoms with Crippen LogP contribution < -0.4 is 5.73 Å². The van der Waals surface area contributed by atoms with Crippen LogP contribution in [0.1, 0.15) is 5.69 Å². The molecule has 0 radical (unpaired) electrons. The summed E-state index contributed by atoms with van der Waals surface area (Å²) in [4.78, 5) is 7.28. The summed E-state index contributed by atoms with van der Waals surface area (Å²) in [6.45, 7) is -0.108. The van der Waals surface area contributed by atoms with Crippen LogP contribution in [-0.2, 0) is 6.61 Å². The van der Waals surface area contributed by atoms with Gasteiger partial charge in [-0.2, -0.15) is 4.98 Å². The first-order chi connectivity index (χ1) is 8.70. The minimum Gasteiger partial charge on any atom is -0.432 e. The highest BCUT2D eigenvalue weighted by molar-refractivity contribution is 9.10. The summed E-state index contributed by atoms with van der Waals surface area (Å²) in [5.74, 6) is 0. The first-order valence-corrected chi connectivity index (χ1v) is 6.11. The quantitative estimate of drug-likeness (QED) is 0.679. The number of nitrogens with two attached hydrogens (primary N) is 1. The van der Waals surface area contributed by atoms with Gasteiger partial charge in [-0.1, -0.05) is 12.1 Å². The molecule has 0 aliphatic carbocycles. The minimum absolute atomic E-state index is 0.108. The van der Waals surface area contributed by atoms with Crippen LogP contribution in [0.15, 0.2) is 33.4 Å². The number of halogens is 1. The number of nitrogen functional groups attached to an aromatic ring is 1. The molecule has 3 aromatic rings. The predicted octanol–water partition coefficient (Wildman–Crippen LogP) is 2.66. The highest BCUT2D eigenvalue weighted by atomic mass is 79.9. The van der Waals surface area contributed by atoms with Crippen LogP contribution in [-0.4, -0.2) is 15.1 Å². The third-order valence-corrected chi connectivity index (χ3v) is 3.46. The maximum absolute atomic E-state index is 9.44. The number of H-pyrrole nitrogens is 1. The van der Waals surface area contributed by atoms with E-state index in [-0.39, 0.29) is 12.6 Å². The molecule has 92 valence electrons. The number of nitrogens with one attached hydrogen (secondary N) is 1. The molecule has 4 N–H and O–H groups in total. The fourth-order valence-electron chi connectivity index (χ4n) is 2.05. The molecule has 0 unspecified atom stereocenters. The number of nitrogens with zero attached hydrogens (tertiary/aromatic N) is 1. The van der Waals surface area contributed by atoms with E-state index in [1.807, 2.05) is 18.2 Å². The Balaban J connectivity index is 2.36. The van der Waals surface area contributed by atoms with Crippen molar-refractivity contribution in [2.24, 2.45) is 0 Å². The molecule has 0 aliphatic heterocycles. The second-order valence-corrected chi connectivity index (χ2v) is 4.72. The van der Waals surface area contributed by atoms with Gasteiger partial charge in [0.05, 0.1) is 17.8 Å². The second-order valence-electron chi connectivity index (χ2n) is 3.87. The van der Waals surface area contributed by atoms with Crippen LogP contribution in [0.2, 0.25) is 0 Å². The second kappa shape index (κ2) is 4.15. The monoisotopic (exact) mass is 307 g/mol. The zero-order chi connectivity index (χ0) is 12.7. The van der Waals surface area contributed by atoms with Crippen molar-refractivity contribution in [1.82, 2.24) is 9.97 Å². The normalized spacial score (nSPS) is 11.2. The fraction of sp³-hybridized carbons (Fsp3) is 0.0833. The lowest BCUT2D eigenvalue weighted by Gasteiger charge is -1.97. The average Bonchev–Trinajstić information content (AvgIpc) is 2.93. The first-order valence-electron chi connectivity index (χ1n) is 5.32. The largest absolute Gasteiger partial charge is 0.432 e.